The molecule has 0 saturated carbocycles. The Bertz CT molecular complexity index is 397. The second kappa shape index (κ2) is 7.59. The SMILES string of the molecule is C[N+](C)(C)C[C@@H](CC(=O)O)OC(=O)CCC(=O)C(=O)O. The average molecular weight is 290 g/mol. The molecule has 1 atom stereocenters. The van der Waals surface area contributed by atoms with Gasteiger partial charge in [-0.2, -0.15) is 0 Å². The molecular weight excluding hydrogens is 270 g/mol. The highest BCUT2D eigenvalue weighted by Gasteiger charge is 2.25. The molecule has 0 bridgehead atoms. The maximum atomic E-state index is 11.5. The van der Waals surface area contributed by atoms with Gasteiger partial charge in [0.05, 0.1) is 34.0 Å². The number of ketones is 1. The van der Waals surface area contributed by atoms with Gasteiger partial charge in [-0.15, -0.1) is 0 Å². The lowest BCUT2D eigenvalue weighted by atomic mass is 10.2. The molecule has 0 radical (unpaired) electrons. The summed E-state index contributed by atoms with van der Waals surface area (Å²) < 4.78 is 5.39. The maximum absolute atomic E-state index is 11.5. The lowest BCUT2D eigenvalue weighted by Gasteiger charge is -2.28. The number of hydrogen-bond acceptors (Lipinski definition) is 5. The third-order valence-electron chi connectivity index (χ3n) is 2.25. The van der Waals surface area contributed by atoms with Crippen LogP contribution in [-0.4, -0.2) is 72.2 Å². The Labute approximate surface area is 116 Å². The summed E-state index contributed by atoms with van der Waals surface area (Å²) in [6, 6.07) is 0. The molecule has 0 amide bonds. The van der Waals surface area contributed by atoms with Crippen LogP contribution in [0.25, 0.3) is 0 Å². The number of hydrogen-bond donors (Lipinski definition) is 2. The fraction of sp³-hybridized carbons (Fsp3) is 0.667. The van der Waals surface area contributed by atoms with E-state index in [0.717, 1.165) is 0 Å². The van der Waals surface area contributed by atoms with E-state index in [9.17, 15) is 19.2 Å². The summed E-state index contributed by atoms with van der Waals surface area (Å²) in [5.41, 5.74) is 0. The fourth-order valence-corrected chi connectivity index (χ4v) is 1.52. The van der Waals surface area contributed by atoms with E-state index in [1.807, 2.05) is 21.1 Å². The first-order valence-corrected chi connectivity index (χ1v) is 5.99. The van der Waals surface area contributed by atoms with Crippen molar-refractivity contribution in [1.29, 1.82) is 0 Å². The number of aliphatic carboxylic acids is 2. The Morgan fingerprint density at radius 3 is 2.00 bits per heavy atom. The molecule has 0 spiro atoms. The van der Waals surface area contributed by atoms with Crippen molar-refractivity contribution in [3.63, 3.8) is 0 Å². The van der Waals surface area contributed by atoms with Gasteiger partial charge >= 0.3 is 17.9 Å². The molecule has 0 aromatic carbocycles. The van der Waals surface area contributed by atoms with Crippen molar-refractivity contribution >= 4 is 23.7 Å². The van der Waals surface area contributed by atoms with Crippen LogP contribution in [0.2, 0.25) is 0 Å². The standard InChI is InChI=1S/C12H19NO7/c1-13(2,3)7-8(6-10(15)16)20-11(17)5-4-9(14)12(18)19/h8H,4-7H2,1-3H3,(H-,15,16,18,19)/p+1/t8-/m1/s1. The summed E-state index contributed by atoms with van der Waals surface area (Å²) >= 11 is 0. The first-order valence-electron chi connectivity index (χ1n) is 5.99. The Morgan fingerprint density at radius 1 is 1.05 bits per heavy atom. The van der Waals surface area contributed by atoms with Gasteiger partial charge in [0.2, 0.25) is 5.78 Å². The first kappa shape index (κ1) is 18.0. The molecular formula is C12H20NO7+. The minimum Gasteiger partial charge on any atom is -0.481 e. The number of carbonyl (C=O) groups excluding carboxylic acids is 2. The van der Waals surface area contributed by atoms with Gasteiger partial charge in [-0.25, -0.2) is 4.79 Å². The largest absolute Gasteiger partial charge is 0.481 e. The van der Waals surface area contributed by atoms with Crippen LogP contribution < -0.4 is 0 Å². The average Bonchev–Trinajstić information content (AvgIpc) is 2.21. The van der Waals surface area contributed by atoms with Crippen molar-refractivity contribution in [2.75, 3.05) is 27.7 Å². The zero-order chi connectivity index (χ0) is 15.9. The van der Waals surface area contributed by atoms with Gasteiger partial charge in [0.25, 0.3) is 0 Å². The normalized spacial score (nSPS) is 12.6. The summed E-state index contributed by atoms with van der Waals surface area (Å²) in [4.78, 5) is 43.3. The van der Waals surface area contributed by atoms with E-state index < -0.39 is 36.2 Å². The third-order valence-corrected chi connectivity index (χ3v) is 2.25. The molecule has 0 rings (SSSR count). The quantitative estimate of drug-likeness (QED) is 0.334. The number of carboxylic acids is 2. The molecule has 0 aromatic heterocycles. The van der Waals surface area contributed by atoms with Gasteiger partial charge in [-0.1, -0.05) is 0 Å². The predicted molar refractivity (Wildman–Crippen MR) is 66.9 cm³/mol. The summed E-state index contributed by atoms with van der Waals surface area (Å²) in [5, 5.41) is 17.1. The zero-order valence-corrected chi connectivity index (χ0v) is 11.8. The van der Waals surface area contributed by atoms with E-state index in [0.29, 0.717) is 11.0 Å². The molecule has 20 heavy (non-hydrogen) atoms. The van der Waals surface area contributed by atoms with Crippen LogP contribution in [0.5, 0.6) is 0 Å². The second-order valence-electron chi connectivity index (χ2n) is 5.41. The Balaban J connectivity index is 4.42. The lowest BCUT2D eigenvalue weighted by Crippen LogP contribution is -2.43. The van der Waals surface area contributed by atoms with Gasteiger partial charge in [0, 0.05) is 6.42 Å². The summed E-state index contributed by atoms with van der Waals surface area (Å²) in [5.74, 6) is -4.56. The number of Topliss-reactive ketones (excluding diaryl/α,β-unsaturated/α-hetero) is 1. The number of ether oxygens (including phenoxy) is 1. The van der Waals surface area contributed by atoms with Crippen molar-refractivity contribution in [1.82, 2.24) is 0 Å². The minimum atomic E-state index is -1.61. The Kier molecular flexibility index (Phi) is 6.84. The molecule has 2 N–H and O–H groups in total. The maximum Gasteiger partial charge on any atom is 0.372 e. The van der Waals surface area contributed by atoms with E-state index >= 15 is 0 Å². The molecule has 0 saturated heterocycles. The van der Waals surface area contributed by atoms with Gasteiger partial charge < -0.3 is 19.4 Å². The first-order chi connectivity index (χ1) is 9.01. The van der Waals surface area contributed by atoms with Crippen LogP contribution in [0.3, 0.4) is 0 Å². The van der Waals surface area contributed by atoms with Crippen molar-refractivity contribution < 1.29 is 38.6 Å². The van der Waals surface area contributed by atoms with Crippen molar-refractivity contribution in [3.05, 3.63) is 0 Å². The van der Waals surface area contributed by atoms with Crippen LogP contribution in [0.1, 0.15) is 19.3 Å². The highest BCUT2D eigenvalue weighted by Crippen LogP contribution is 2.07. The molecule has 0 heterocycles. The second-order valence-corrected chi connectivity index (χ2v) is 5.41. The van der Waals surface area contributed by atoms with Crippen LogP contribution in [0.15, 0.2) is 0 Å². The Hall–Kier alpha value is -1.96. The highest BCUT2D eigenvalue weighted by molar-refractivity contribution is 6.32. The van der Waals surface area contributed by atoms with Crippen molar-refractivity contribution in [2.24, 2.45) is 0 Å². The van der Waals surface area contributed by atoms with E-state index in [4.69, 9.17) is 14.9 Å². The fourth-order valence-electron chi connectivity index (χ4n) is 1.52. The molecule has 0 aromatic rings. The summed E-state index contributed by atoms with van der Waals surface area (Å²) in [6.07, 6.45) is -2.00. The van der Waals surface area contributed by atoms with E-state index in [2.05, 4.69) is 0 Å². The number of rotatable bonds is 9. The zero-order valence-electron chi connectivity index (χ0n) is 11.8. The summed E-state index contributed by atoms with van der Waals surface area (Å²) in [7, 11) is 5.45. The Morgan fingerprint density at radius 2 is 1.60 bits per heavy atom. The number of carbonyl (C=O) groups is 4. The lowest BCUT2D eigenvalue weighted by molar-refractivity contribution is -0.873. The number of quaternary nitrogens is 1. The van der Waals surface area contributed by atoms with E-state index in [1.165, 1.54) is 0 Å². The molecule has 0 unspecified atom stereocenters. The third kappa shape index (κ3) is 9.03. The monoisotopic (exact) mass is 290 g/mol. The van der Waals surface area contributed by atoms with Gasteiger partial charge in [0.15, 0.2) is 6.10 Å². The molecule has 0 aliphatic heterocycles. The number of nitrogens with zero attached hydrogens (tertiary/aromatic N) is 1. The van der Waals surface area contributed by atoms with Crippen molar-refractivity contribution in [2.45, 2.75) is 25.4 Å². The highest BCUT2D eigenvalue weighted by atomic mass is 16.5. The van der Waals surface area contributed by atoms with Gasteiger partial charge in [-0.05, 0) is 0 Å². The van der Waals surface area contributed by atoms with Gasteiger partial charge in [-0.3, -0.25) is 14.4 Å². The van der Waals surface area contributed by atoms with E-state index in [-0.39, 0.29) is 12.8 Å². The number of esters is 1. The van der Waals surface area contributed by atoms with Crippen LogP contribution in [0.4, 0.5) is 0 Å². The summed E-state index contributed by atoms with van der Waals surface area (Å²) in [6.45, 7) is 0.297. The van der Waals surface area contributed by atoms with Gasteiger partial charge in [0.1, 0.15) is 6.54 Å². The number of carboxylic acid groups (broad SMARTS) is 2. The van der Waals surface area contributed by atoms with Crippen molar-refractivity contribution in [3.8, 4) is 0 Å². The topological polar surface area (TPSA) is 118 Å². The van der Waals surface area contributed by atoms with Crippen LogP contribution in [0, 0.1) is 0 Å². The molecule has 0 aliphatic carbocycles. The molecule has 114 valence electrons. The molecule has 0 fully saturated rings. The molecule has 8 nitrogen and oxygen atoms in total. The number of likely N-dealkylation sites (N-methyl/N-ethyl adjacent to an activating group) is 1. The predicted octanol–water partition coefficient (Wildman–Crippen LogP) is -0.487. The van der Waals surface area contributed by atoms with Crippen LogP contribution in [-0.2, 0) is 23.9 Å². The smallest absolute Gasteiger partial charge is 0.372 e. The van der Waals surface area contributed by atoms with E-state index in [1.54, 1.807) is 0 Å². The van der Waals surface area contributed by atoms with Crippen LogP contribution >= 0.6 is 0 Å². The molecule has 0 aliphatic rings. The molecule has 8 heteroatoms. The minimum absolute atomic E-state index is 0.297.